The predicted octanol–water partition coefficient (Wildman–Crippen LogP) is 3.35. The van der Waals surface area contributed by atoms with Gasteiger partial charge in [-0.1, -0.05) is 36.4 Å². The SMILES string of the molecule is CN(C)CCn1ncc(C(=O)O[C@@H]2CCc3cccnc32)c1-c1ccccc1. The molecule has 1 aliphatic rings. The molecule has 1 atom stereocenters. The number of rotatable bonds is 6. The summed E-state index contributed by atoms with van der Waals surface area (Å²) < 4.78 is 7.74. The minimum atomic E-state index is -0.349. The van der Waals surface area contributed by atoms with Crippen molar-refractivity contribution in [2.75, 3.05) is 20.6 Å². The summed E-state index contributed by atoms with van der Waals surface area (Å²) in [6.07, 6.45) is 4.73. The van der Waals surface area contributed by atoms with Gasteiger partial charge in [0.2, 0.25) is 0 Å². The molecule has 0 spiro atoms. The average Bonchev–Trinajstić information content (AvgIpc) is 3.31. The van der Waals surface area contributed by atoms with E-state index in [0.29, 0.717) is 12.1 Å². The summed E-state index contributed by atoms with van der Waals surface area (Å²) in [7, 11) is 4.04. The highest BCUT2D eigenvalue weighted by Gasteiger charge is 2.29. The fourth-order valence-electron chi connectivity index (χ4n) is 3.58. The highest BCUT2D eigenvalue weighted by atomic mass is 16.5. The van der Waals surface area contributed by atoms with Crippen LogP contribution in [0.15, 0.2) is 54.9 Å². The van der Waals surface area contributed by atoms with Crippen LogP contribution in [0.2, 0.25) is 0 Å². The molecule has 0 aliphatic heterocycles. The summed E-state index contributed by atoms with van der Waals surface area (Å²) in [6, 6.07) is 13.8. The van der Waals surface area contributed by atoms with Crippen LogP contribution in [-0.2, 0) is 17.7 Å². The number of nitrogens with zero attached hydrogens (tertiary/aromatic N) is 4. The van der Waals surface area contributed by atoms with Crippen molar-refractivity contribution in [3.8, 4) is 11.3 Å². The van der Waals surface area contributed by atoms with E-state index in [1.807, 2.05) is 61.2 Å². The van der Waals surface area contributed by atoms with Gasteiger partial charge in [-0.3, -0.25) is 9.67 Å². The van der Waals surface area contributed by atoms with Crippen LogP contribution in [0.3, 0.4) is 0 Å². The second-order valence-corrected chi connectivity index (χ2v) is 7.28. The molecule has 0 amide bonds. The maximum absolute atomic E-state index is 13.0. The highest BCUT2D eigenvalue weighted by molar-refractivity contribution is 5.96. The first-order chi connectivity index (χ1) is 13.6. The summed E-state index contributed by atoms with van der Waals surface area (Å²) in [4.78, 5) is 19.6. The quantitative estimate of drug-likeness (QED) is 0.618. The first-order valence-corrected chi connectivity index (χ1v) is 9.54. The van der Waals surface area contributed by atoms with Gasteiger partial charge in [-0.05, 0) is 38.6 Å². The molecule has 0 bridgehead atoms. The maximum atomic E-state index is 13.0. The van der Waals surface area contributed by atoms with Gasteiger partial charge in [-0.25, -0.2) is 4.79 Å². The molecular weight excluding hydrogens is 352 g/mol. The molecule has 6 nitrogen and oxygen atoms in total. The summed E-state index contributed by atoms with van der Waals surface area (Å²) in [5.41, 5.74) is 4.28. The van der Waals surface area contributed by atoms with Gasteiger partial charge in [0, 0.05) is 18.3 Å². The lowest BCUT2D eigenvalue weighted by molar-refractivity contribution is 0.0293. The number of carbonyl (C=O) groups is 1. The van der Waals surface area contributed by atoms with Crippen LogP contribution in [-0.4, -0.2) is 46.3 Å². The Morgan fingerprint density at radius 1 is 1.21 bits per heavy atom. The van der Waals surface area contributed by atoms with Gasteiger partial charge in [0.15, 0.2) is 0 Å². The van der Waals surface area contributed by atoms with Crippen LogP contribution >= 0.6 is 0 Å². The van der Waals surface area contributed by atoms with Crippen LogP contribution in [0.5, 0.6) is 0 Å². The topological polar surface area (TPSA) is 60.2 Å². The summed E-state index contributed by atoms with van der Waals surface area (Å²) in [5, 5.41) is 4.48. The smallest absolute Gasteiger partial charge is 0.342 e. The Labute approximate surface area is 164 Å². The van der Waals surface area contributed by atoms with Gasteiger partial charge >= 0.3 is 5.97 Å². The third kappa shape index (κ3) is 3.68. The molecule has 0 N–H and O–H groups in total. The van der Waals surface area contributed by atoms with Crippen molar-refractivity contribution < 1.29 is 9.53 Å². The number of fused-ring (bicyclic) bond motifs is 1. The molecule has 144 valence electrons. The molecule has 0 saturated carbocycles. The van der Waals surface area contributed by atoms with Gasteiger partial charge in [0.1, 0.15) is 11.7 Å². The van der Waals surface area contributed by atoms with E-state index in [0.717, 1.165) is 41.9 Å². The van der Waals surface area contributed by atoms with Crippen molar-refractivity contribution in [2.45, 2.75) is 25.5 Å². The Balaban J connectivity index is 1.63. The zero-order valence-electron chi connectivity index (χ0n) is 16.2. The zero-order chi connectivity index (χ0) is 19.5. The van der Waals surface area contributed by atoms with Crippen LogP contribution in [0, 0.1) is 0 Å². The van der Waals surface area contributed by atoms with Crippen molar-refractivity contribution >= 4 is 5.97 Å². The summed E-state index contributed by atoms with van der Waals surface area (Å²) in [5.74, 6) is -0.349. The largest absolute Gasteiger partial charge is 0.452 e. The number of esters is 1. The maximum Gasteiger partial charge on any atom is 0.342 e. The van der Waals surface area contributed by atoms with Crippen molar-refractivity contribution in [2.24, 2.45) is 0 Å². The normalized spacial score (nSPS) is 15.6. The zero-order valence-corrected chi connectivity index (χ0v) is 16.2. The molecule has 0 radical (unpaired) electrons. The molecule has 2 heterocycles. The van der Waals surface area contributed by atoms with Gasteiger partial charge in [-0.2, -0.15) is 5.10 Å². The fraction of sp³-hybridized carbons (Fsp3) is 0.318. The summed E-state index contributed by atoms with van der Waals surface area (Å²) in [6.45, 7) is 1.52. The lowest BCUT2D eigenvalue weighted by atomic mass is 10.1. The number of carbonyl (C=O) groups excluding carboxylic acids is 1. The molecule has 0 saturated heterocycles. The molecule has 4 rings (SSSR count). The second kappa shape index (κ2) is 7.94. The minimum Gasteiger partial charge on any atom is -0.452 e. The lowest BCUT2D eigenvalue weighted by Crippen LogP contribution is -2.20. The van der Waals surface area contributed by atoms with E-state index in [1.165, 1.54) is 0 Å². The van der Waals surface area contributed by atoms with Crippen LogP contribution in [0.25, 0.3) is 11.3 Å². The Bertz CT molecular complexity index is 966. The Morgan fingerprint density at radius 3 is 2.82 bits per heavy atom. The number of pyridine rings is 1. The third-order valence-corrected chi connectivity index (χ3v) is 5.02. The predicted molar refractivity (Wildman–Crippen MR) is 107 cm³/mol. The van der Waals surface area contributed by atoms with E-state index < -0.39 is 0 Å². The van der Waals surface area contributed by atoms with Crippen molar-refractivity contribution in [1.29, 1.82) is 0 Å². The lowest BCUT2D eigenvalue weighted by Gasteiger charge is -2.15. The number of benzene rings is 1. The molecule has 3 aromatic rings. The van der Waals surface area contributed by atoms with Crippen molar-refractivity contribution in [3.63, 3.8) is 0 Å². The molecule has 2 aromatic heterocycles. The number of hydrogen-bond acceptors (Lipinski definition) is 5. The van der Waals surface area contributed by atoms with Crippen LogP contribution in [0.4, 0.5) is 0 Å². The van der Waals surface area contributed by atoms with Crippen LogP contribution < -0.4 is 0 Å². The molecule has 1 aromatic carbocycles. The monoisotopic (exact) mass is 376 g/mol. The van der Waals surface area contributed by atoms with Gasteiger partial charge < -0.3 is 9.64 Å². The first-order valence-electron chi connectivity index (χ1n) is 9.54. The molecule has 0 unspecified atom stereocenters. The van der Waals surface area contributed by atoms with E-state index in [9.17, 15) is 4.79 Å². The van der Waals surface area contributed by atoms with Crippen molar-refractivity contribution in [1.82, 2.24) is 19.7 Å². The fourth-order valence-corrected chi connectivity index (χ4v) is 3.58. The average molecular weight is 376 g/mol. The van der Waals surface area contributed by atoms with E-state index in [2.05, 4.69) is 15.0 Å². The van der Waals surface area contributed by atoms with Crippen LogP contribution in [0.1, 0.15) is 34.1 Å². The van der Waals surface area contributed by atoms with E-state index >= 15 is 0 Å². The Morgan fingerprint density at radius 2 is 2.04 bits per heavy atom. The van der Waals surface area contributed by atoms with Gasteiger partial charge in [-0.15, -0.1) is 0 Å². The molecule has 0 fully saturated rings. The van der Waals surface area contributed by atoms with E-state index in [-0.39, 0.29) is 12.1 Å². The number of ether oxygens (including phenoxy) is 1. The number of hydrogen-bond donors (Lipinski definition) is 0. The minimum absolute atomic E-state index is 0.294. The number of aryl methyl sites for hydroxylation is 1. The standard InChI is InChI=1S/C22H24N4O2/c1-25(2)13-14-26-21(17-7-4-3-5-8-17)18(15-24-26)22(27)28-19-11-10-16-9-6-12-23-20(16)19/h3-9,12,15,19H,10-11,13-14H2,1-2H3/t19-/m1/s1. The highest BCUT2D eigenvalue weighted by Crippen LogP contribution is 2.34. The van der Waals surface area contributed by atoms with E-state index in [4.69, 9.17) is 4.74 Å². The summed E-state index contributed by atoms with van der Waals surface area (Å²) >= 11 is 0. The second-order valence-electron chi connectivity index (χ2n) is 7.28. The van der Waals surface area contributed by atoms with Crippen molar-refractivity contribution in [3.05, 3.63) is 71.7 Å². The Hall–Kier alpha value is -2.99. The molecule has 28 heavy (non-hydrogen) atoms. The number of likely N-dealkylation sites (N-methyl/N-ethyl adjacent to an activating group) is 1. The number of aromatic nitrogens is 3. The van der Waals surface area contributed by atoms with E-state index in [1.54, 1.807) is 12.4 Å². The van der Waals surface area contributed by atoms with Gasteiger partial charge in [0.05, 0.1) is 24.1 Å². The Kier molecular flexibility index (Phi) is 5.21. The van der Waals surface area contributed by atoms with Gasteiger partial charge in [0.25, 0.3) is 0 Å². The molecule has 6 heteroatoms. The molecule has 1 aliphatic carbocycles. The first kappa shape index (κ1) is 18.4. The third-order valence-electron chi connectivity index (χ3n) is 5.02. The molecular formula is C22H24N4O2.